The summed E-state index contributed by atoms with van der Waals surface area (Å²) < 4.78 is 22.1. The number of morpholine rings is 1. The SMILES string of the molecule is COc1c(NC(=O)C(=O)c2ccc(OCCN3CCOCC3)c3ccccc23)cc(C(C)(C)C)cc1C(O)OC. The van der Waals surface area contributed by atoms with Crippen LogP contribution in [-0.2, 0) is 19.7 Å². The Balaban J connectivity index is 1.60. The predicted octanol–water partition coefficient (Wildman–Crippen LogP) is 4.32. The smallest absolute Gasteiger partial charge is 0.296 e. The first-order valence-corrected chi connectivity index (χ1v) is 13.4. The van der Waals surface area contributed by atoms with E-state index in [1.165, 1.54) is 14.2 Å². The fourth-order valence-electron chi connectivity index (χ4n) is 4.72. The number of aliphatic hydroxyl groups excluding tert-OH is 1. The average Bonchev–Trinajstić information content (AvgIpc) is 2.96. The van der Waals surface area contributed by atoms with Crippen molar-refractivity contribution in [3.05, 3.63) is 65.2 Å². The minimum absolute atomic E-state index is 0.220. The van der Waals surface area contributed by atoms with Crippen molar-refractivity contribution in [2.24, 2.45) is 0 Å². The van der Waals surface area contributed by atoms with E-state index >= 15 is 0 Å². The Hall–Kier alpha value is -3.50. The maximum absolute atomic E-state index is 13.5. The van der Waals surface area contributed by atoms with Gasteiger partial charge in [0.2, 0.25) is 0 Å². The number of methoxy groups -OCH3 is 2. The van der Waals surface area contributed by atoms with Gasteiger partial charge in [0.05, 0.1) is 31.6 Å². The Morgan fingerprint density at radius 3 is 2.40 bits per heavy atom. The number of aliphatic hydroxyl groups is 1. The quantitative estimate of drug-likeness (QED) is 0.219. The number of ketones is 1. The molecule has 0 aromatic heterocycles. The van der Waals surface area contributed by atoms with Crippen LogP contribution in [-0.4, -0.2) is 75.4 Å². The summed E-state index contributed by atoms with van der Waals surface area (Å²) in [5.41, 5.74) is 1.39. The first-order valence-electron chi connectivity index (χ1n) is 13.4. The zero-order chi connectivity index (χ0) is 28.9. The largest absolute Gasteiger partial charge is 0.494 e. The number of nitrogens with zero attached hydrogens (tertiary/aromatic N) is 1. The maximum atomic E-state index is 13.5. The molecule has 4 rings (SSSR count). The van der Waals surface area contributed by atoms with Crippen molar-refractivity contribution in [2.75, 3.05) is 59.0 Å². The second-order valence-electron chi connectivity index (χ2n) is 10.7. The van der Waals surface area contributed by atoms with Crippen LogP contribution < -0.4 is 14.8 Å². The summed E-state index contributed by atoms with van der Waals surface area (Å²) in [7, 11) is 2.80. The van der Waals surface area contributed by atoms with Gasteiger partial charge in [-0.2, -0.15) is 0 Å². The standard InChI is InChI=1S/C31H38N2O7/c1-31(2,3)20-18-24(30(36)38-5)28(37-4)25(19-20)32-29(35)27(34)23-10-11-26(22-9-7-6-8-21(22)23)40-17-14-33-12-15-39-16-13-33/h6-11,18-19,30,36H,12-17H2,1-5H3,(H,32,35). The van der Waals surface area contributed by atoms with E-state index in [0.717, 1.165) is 43.8 Å². The molecule has 3 aromatic rings. The van der Waals surface area contributed by atoms with E-state index in [9.17, 15) is 14.7 Å². The highest BCUT2D eigenvalue weighted by atomic mass is 16.6. The van der Waals surface area contributed by atoms with Gasteiger partial charge in [-0.3, -0.25) is 14.5 Å². The summed E-state index contributed by atoms with van der Waals surface area (Å²) in [6.45, 7) is 10.5. The third kappa shape index (κ3) is 6.62. The van der Waals surface area contributed by atoms with Crippen molar-refractivity contribution in [1.82, 2.24) is 4.90 Å². The van der Waals surface area contributed by atoms with Crippen LogP contribution in [0.2, 0.25) is 0 Å². The predicted molar refractivity (Wildman–Crippen MR) is 153 cm³/mol. The monoisotopic (exact) mass is 550 g/mol. The minimum atomic E-state index is -1.27. The molecule has 0 radical (unpaired) electrons. The van der Waals surface area contributed by atoms with Crippen molar-refractivity contribution >= 4 is 28.2 Å². The molecular weight excluding hydrogens is 512 g/mol. The van der Waals surface area contributed by atoms with Crippen molar-refractivity contribution in [1.29, 1.82) is 0 Å². The van der Waals surface area contributed by atoms with E-state index in [4.69, 9.17) is 18.9 Å². The average molecular weight is 551 g/mol. The van der Waals surface area contributed by atoms with Crippen LogP contribution in [0.3, 0.4) is 0 Å². The molecule has 1 unspecified atom stereocenters. The molecule has 40 heavy (non-hydrogen) atoms. The molecule has 9 heteroatoms. The van der Waals surface area contributed by atoms with Crippen LogP contribution in [0.1, 0.15) is 48.5 Å². The summed E-state index contributed by atoms with van der Waals surface area (Å²) in [6, 6.07) is 14.3. The van der Waals surface area contributed by atoms with E-state index in [-0.39, 0.29) is 22.4 Å². The lowest BCUT2D eigenvalue weighted by molar-refractivity contribution is -0.112. The number of benzene rings is 3. The highest BCUT2D eigenvalue weighted by Gasteiger charge is 2.26. The third-order valence-electron chi connectivity index (χ3n) is 7.03. The van der Waals surface area contributed by atoms with Crippen LogP contribution >= 0.6 is 0 Å². The fraction of sp³-hybridized carbons (Fsp3) is 0.419. The van der Waals surface area contributed by atoms with Crippen molar-refractivity contribution < 1.29 is 33.6 Å². The molecular formula is C31H38N2O7. The number of fused-ring (bicyclic) bond motifs is 1. The van der Waals surface area contributed by atoms with Crippen LogP contribution in [0.5, 0.6) is 11.5 Å². The summed E-state index contributed by atoms with van der Waals surface area (Å²) >= 11 is 0. The van der Waals surface area contributed by atoms with Gasteiger partial charge in [0.1, 0.15) is 12.4 Å². The Labute approximate surface area is 235 Å². The molecule has 214 valence electrons. The highest BCUT2D eigenvalue weighted by molar-refractivity contribution is 6.48. The molecule has 1 aliphatic rings. The second kappa shape index (κ2) is 12.8. The van der Waals surface area contributed by atoms with Gasteiger partial charge >= 0.3 is 0 Å². The second-order valence-corrected chi connectivity index (χ2v) is 10.7. The zero-order valence-corrected chi connectivity index (χ0v) is 23.8. The molecule has 0 aliphatic carbocycles. The van der Waals surface area contributed by atoms with E-state index in [2.05, 4.69) is 10.2 Å². The number of carbonyl (C=O) groups is 2. The van der Waals surface area contributed by atoms with Gasteiger partial charge in [-0.15, -0.1) is 0 Å². The molecule has 1 fully saturated rings. The summed E-state index contributed by atoms with van der Waals surface area (Å²) in [5.74, 6) is -0.655. The molecule has 1 amide bonds. The van der Waals surface area contributed by atoms with Crippen molar-refractivity contribution in [3.63, 3.8) is 0 Å². The number of amides is 1. The Kier molecular flexibility index (Phi) is 9.42. The highest BCUT2D eigenvalue weighted by Crippen LogP contribution is 2.39. The summed E-state index contributed by atoms with van der Waals surface area (Å²) in [4.78, 5) is 29.1. The van der Waals surface area contributed by atoms with Gasteiger partial charge < -0.3 is 29.4 Å². The summed E-state index contributed by atoms with van der Waals surface area (Å²) in [6.07, 6.45) is -1.27. The fourth-order valence-corrected chi connectivity index (χ4v) is 4.72. The van der Waals surface area contributed by atoms with Gasteiger partial charge in [0.25, 0.3) is 11.7 Å². The first kappa shape index (κ1) is 29.5. The lowest BCUT2D eigenvalue weighted by atomic mass is 9.85. The van der Waals surface area contributed by atoms with E-state index in [0.29, 0.717) is 23.3 Å². The molecule has 1 heterocycles. The number of rotatable bonds is 10. The van der Waals surface area contributed by atoms with Crippen LogP contribution in [0.4, 0.5) is 5.69 Å². The lowest BCUT2D eigenvalue weighted by Crippen LogP contribution is -2.38. The molecule has 0 bridgehead atoms. The number of hydrogen-bond acceptors (Lipinski definition) is 8. The topological polar surface area (TPSA) is 107 Å². The number of ether oxygens (including phenoxy) is 4. The van der Waals surface area contributed by atoms with E-state index < -0.39 is 18.0 Å². The Morgan fingerprint density at radius 2 is 1.75 bits per heavy atom. The third-order valence-corrected chi connectivity index (χ3v) is 7.03. The molecule has 1 aliphatic heterocycles. The Morgan fingerprint density at radius 1 is 1.05 bits per heavy atom. The summed E-state index contributed by atoms with van der Waals surface area (Å²) in [5, 5.41) is 14.5. The van der Waals surface area contributed by atoms with Gasteiger partial charge in [0.15, 0.2) is 12.0 Å². The first-order chi connectivity index (χ1) is 19.1. The normalized spacial score (nSPS) is 15.1. The van der Waals surface area contributed by atoms with E-state index in [1.54, 1.807) is 30.3 Å². The number of hydrogen-bond donors (Lipinski definition) is 2. The molecule has 9 nitrogen and oxygen atoms in total. The molecule has 3 aromatic carbocycles. The zero-order valence-electron chi connectivity index (χ0n) is 23.8. The molecule has 1 atom stereocenters. The number of anilines is 1. The minimum Gasteiger partial charge on any atom is -0.494 e. The molecule has 0 saturated carbocycles. The van der Waals surface area contributed by atoms with Crippen LogP contribution in [0, 0.1) is 0 Å². The van der Waals surface area contributed by atoms with E-state index in [1.807, 2.05) is 39.0 Å². The molecule has 1 saturated heterocycles. The van der Waals surface area contributed by atoms with Crippen molar-refractivity contribution in [2.45, 2.75) is 32.5 Å². The Bertz CT molecular complexity index is 1360. The van der Waals surface area contributed by atoms with Gasteiger partial charge in [-0.25, -0.2) is 0 Å². The number of carbonyl (C=O) groups excluding carboxylic acids is 2. The van der Waals surface area contributed by atoms with Crippen LogP contribution in [0.15, 0.2) is 48.5 Å². The molecule has 2 N–H and O–H groups in total. The number of Topliss-reactive ketones (excluding diaryl/α,β-unsaturated/α-hetero) is 1. The van der Waals surface area contributed by atoms with Crippen molar-refractivity contribution in [3.8, 4) is 11.5 Å². The van der Waals surface area contributed by atoms with Gasteiger partial charge in [-0.1, -0.05) is 45.0 Å². The van der Waals surface area contributed by atoms with Gasteiger partial charge in [0, 0.05) is 37.7 Å². The number of nitrogens with one attached hydrogen (secondary N) is 1. The van der Waals surface area contributed by atoms with Crippen LogP contribution in [0.25, 0.3) is 10.8 Å². The lowest BCUT2D eigenvalue weighted by Gasteiger charge is -2.26. The molecule has 0 spiro atoms. The van der Waals surface area contributed by atoms with Gasteiger partial charge in [-0.05, 0) is 40.6 Å². The maximum Gasteiger partial charge on any atom is 0.296 e.